The van der Waals surface area contributed by atoms with Crippen LogP contribution in [0.3, 0.4) is 0 Å². The second-order valence-electron chi connectivity index (χ2n) is 8.47. The molecule has 0 aliphatic heterocycles. The molecule has 5 aromatic rings. The van der Waals surface area contributed by atoms with Gasteiger partial charge < -0.3 is 14.5 Å². The largest absolute Gasteiger partial charge is 0.416 e. The lowest BCUT2D eigenvalue weighted by molar-refractivity contribution is -0.137. The third kappa shape index (κ3) is 4.36. The number of benzene rings is 2. The van der Waals surface area contributed by atoms with Crippen molar-refractivity contribution >= 4 is 39.9 Å². The smallest absolute Gasteiger partial charge is 0.364 e. The first-order chi connectivity index (χ1) is 16.7. The van der Waals surface area contributed by atoms with Crippen molar-refractivity contribution in [2.24, 2.45) is 7.05 Å². The molecule has 0 aliphatic rings. The van der Waals surface area contributed by atoms with Crippen molar-refractivity contribution in [1.82, 2.24) is 29.1 Å². The van der Waals surface area contributed by atoms with Crippen LogP contribution >= 0.6 is 0 Å². The van der Waals surface area contributed by atoms with Crippen LogP contribution < -0.4 is 10.6 Å². The number of halogens is 3. The number of aromatic nitrogens is 6. The van der Waals surface area contributed by atoms with E-state index in [-0.39, 0.29) is 12.6 Å². The Labute approximate surface area is 198 Å². The maximum absolute atomic E-state index is 13.1. The lowest BCUT2D eigenvalue weighted by Crippen LogP contribution is -2.10. The maximum atomic E-state index is 13.1. The third-order valence-corrected chi connectivity index (χ3v) is 5.70. The Morgan fingerprint density at radius 1 is 1.00 bits per heavy atom. The molecule has 3 heterocycles. The molecule has 3 aromatic heterocycles. The summed E-state index contributed by atoms with van der Waals surface area (Å²) >= 11 is 0. The normalized spacial score (nSPS) is 12.1. The number of fused-ring (bicyclic) bond motifs is 2. The number of hydrogen-bond acceptors (Lipinski definition) is 6. The van der Waals surface area contributed by atoms with Gasteiger partial charge in [0.15, 0.2) is 17.0 Å². The minimum absolute atomic E-state index is 0.0924. The first kappa shape index (κ1) is 22.6. The number of hydrogen-bond donors (Lipinski definition) is 2. The molecule has 0 bridgehead atoms. The Balaban J connectivity index is 1.51. The lowest BCUT2D eigenvalue weighted by atomic mass is 10.1. The second kappa shape index (κ2) is 8.57. The van der Waals surface area contributed by atoms with Crippen LogP contribution in [0.4, 0.5) is 30.9 Å². The maximum Gasteiger partial charge on any atom is 0.416 e. The van der Waals surface area contributed by atoms with Gasteiger partial charge in [0.25, 0.3) is 0 Å². The Hall–Kier alpha value is -4.15. The van der Waals surface area contributed by atoms with Crippen LogP contribution in [0.2, 0.25) is 0 Å². The van der Waals surface area contributed by atoms with Crippen LogP contribution in [0.15, 0.2) is 54.9 Å². The summed E-state index contributed by atoms with van der Waals surface area (Å²) in [6.07, 6.45) is -2.73. The second-order valence-corrected chi connectivity index (χ2v) is 8.47. The number of nitrogens with one attached hydrogen (secondary N) is 2. The van der Waals surface area contributed by atoms with E-state index in [1.54, 1.807) is 12.4 Å². The molecule has 180 valence electrons. The summed E-state index contributed by atoms with van der Waals surface area (Å²) in [6, 6.07) is 13.0. The van der Waals surface area contributed by atoms with Crippen molar-refractivity contribution in [3.05, 3.63) is 66.0 Å². The fourth-order valence-corrected chi connectivity index (χ4v) is 3.87. The summed E-state index contributed by atoms with van der Waals surface area (Å²) < 4.78 is 43.2. The van der Waals surface area contributed by atoms with E-state index in [1.165, 1.54) is 6.07 Å². The van der Waals surface area contributed by atoms with Gasteiger partial charge in [-0.05, 0) is 43.7 Å². The molecule has 2 aromatic carbocycles. The van der Waals surface area contributed by atoms with Crippen LogP contribution in [-0.4, -0.2) is 29.1 Å². The highest BCUT2D eigenvalue weighted by Gasteiger charge is 2.30. The van der Waals surface area contributed by atoms with E-state index in [1.807, 2.05) is 54.3 Å². The molecule has 0 radical (unpaired) electrons. The average molecular weight is 480 g/mol. The number of rotatable bonds is 6. The third-order valence-electron chi connectivity index (χ3n) is 5.70. The van der Waals surface area contributed by atoms with Gasteiger partial charge in [-0.15, -0.1) is 0 Å². The molecule has 2 N–H and O–H groups in total. The van der Waals surface area contributed by atoms with Gasteiger partial charge in [0.05, 0.1) is 22.9 Å². The van der Waals surface area contributed by atoms with E-state index in [9.17, 15) is 13.2 Å². The van der Waals surface area contributed by atoms with Gasteiger partial charge in [-0.1, -0.05) is 24.3 Å². The fraction of sp³-hybridized carbons (Fsp3) is 0.250. The Kier molecular flexibility index (Phi) is 5.54. The number of anilines is 3. The summed E-state index contributed by atoms with van der Waals surface area (Å²) in [4.78, 5) is 18.3. The minimum Gasteiger partial charge on any atom is -0.364 e. The molecule has 0 saturated carbocycles. The van der Waals surface area contributed by atoms with Gasteiger partial charge in [0.2, 0.25) is 11.9 Å². The first-order valence-corrected chi connectivity index (χ1v) is 11.0. The monoisotopic (exact) mass is 480 g/mol. The summed E-state index contributed by atoms with van der Waals surface area (Å²) in [5, 5.41) is 6.32. The Bertz CT molecular complexity index is 1520. The Morgan fingerprint density at radius 3 is 2.54 bits per heavy atom. The van der Waals surface area contributed by atoms with Crippen LogP contribution in [0, 0.1) is 0 Å². The molecular formula is C24H23F3N8. The minimum atomic E-state index is -4.41. The molecule has 35 heavy (non-hydrogen) atoms. The molecular weight excluding hydrogens is 457 g/mol. The van der Waals surface area contributed by atoms with Gasteiger partial charge >= 0.3 is 6.18 Å². The fourth-order valence-electron chi connectivity index (χ4n) is 3.87. The molecule has 0 amide bonds. The predicted molar refractivity (Wildman–Crippen MR) is 128 cm³/mol. The van der Waals surface area contributed by atoms with Crippen molar-refractivity contribution in [3.8, 4) is 0 Å². The van der Waals surface area contributed by atoms with Crippen molar-refractivity contribution in [2.45, 2.75) is 32.6 Å². The van der Waals surface area contributed by atoms with Crippen molar-refractivity contribution in [1.29, 1.82) is 0 Å². The number of imidazole rings is 2. The topological polar surface area (TPSA) is 85.5 Å². The zero-order valence-electron chi connectivity index (χ0n) is 19.3. The van der Waals surface area contributed by atoms with Gasteiger partial charge in [0, 0.05) is 19.6 Å². The van der Waals surface area contributed by atoms with E-state index >= 15 is 0 Å². The molecule has 0 atom stereocenters. The lowest BCUT2D eigenvalue weighted by Gasteiger charge is -2.13. The van der Waals surface area contributed by atoms with Crippen LogP contribution in [0.25, 0.3) is 22.2 Å². The standard InChI is InChI=1S/C24H23F3N8/c1-14(2)35-13-29-19-20(28-12-15-7-6-8-16(11-15)24(25,26)27)31-22(32-21(19)35)33-23-30-17-9-4-5-10-18(17)34(23)3/h4-11,13-14H,12H2,1-3H3,(H2,28,30,31,32,33). The SMILES string of the molecule is CC(C)n1cnc2c(NCc3cccc(C(F)(F)F)c3)nc(Nc3nc4ccccc4n3C)nc21. The number of alkyl halides is 3. The van der Waals surface area contributed by atoms with Crippen molar-refractivity contribution < 1.29 is 13.2 Å². The molecule has 8 nitrogen and oxygen atoms in total. The van der Waals surface area contributed by atoms with Crippen LogP contribution in [0.5, 0.6) is 0 Å². The predicted octanol–water partition coefficient (Wildman–Crippen LogP) is 5.67. The molecule has 0 fully saturated rings. The van der Waals surface area contributed by atoms with Crippen LogP contribution in [0.1, 0.15) is 31.0 Å². The zero-order chi connectivity index (χ0) is 24.7. The summed E-state index contributed by atoms with van der Waals surface area (Å²) in [6.45, 7) is 4.16. The first-order valence-electron chi connectivity index (χ1n) is 11.0. The van der Waals surface area contributed by atoms with E-state index < -0.39 is 11.7 Å². The molecule has 0 aliphatic carbocycles. The zero-order valence-corrected chi connectivity index (χ0v) is 19.3. The number of nitrogens with zero attached hydrogens (tertiary/aromatic N) is 6. The summed E-state index contributed by atoms with van der Waals surface area (Å²) in [5.41, 5.74) is 2.68. The van der Waals surface area contributed by atoms with Gasteiger partial charge in [-0.2, -0.15) is 23.1 Å². The van der Waals surface area contributed by atoms with Gasteiger partial charge in [-0.25, -0.2) is 9.97 Å². The highest BCUT2D eigenvalue weighted by molar-refractivity contribution is 5.85. The number of para-hydroxylation sites is 2. The van der Waals surface area contributed by atoms with E-state index in [0.717, 1.165) is 23.2 Å². The highest BCUT2D eigenvalue weighted by atomic mass is 19.4. The molecule has 0 spiro atoms. The number of aryl methyl sites for hydroxylation is 1. The van der Waals surface area contributed by atoms with Gasteiger partial charge in [0.1, 0.15) is 0 Å². The van der Waals surface area contributed by atoms with E-state index in [0.29, 0.717) is 34.4 Å². The van der Waals surface area contributed by atoms with Crippen molar-refractivity contribution in [3.63, 3.8) is 0 Å². The van der Waals surface area contributed by atoms with Gasteiger partial charge in [-0.3, -0.25) is 5.32 Å². The van der Waals surface area contributed by atoms with E-state index in [4.69, 9.17) is 0 Å². The molecule has 0 unspecified atom stereocenters. The van der Waals surface area contributed by atoms with Crippen molar-refractivity contribution in [2.75, 3.05) is 10.6 Å². The van der Waals surface area contributed by atoms with E-state index in [2.05, 4.69) is 30.6 Å². The highest BCUT2D eigenvalue weighted by Crippen LogP contribution is 2.30. The summed E-state index contributed by atoms with van der Waals surface area (Å²) in [7, 11) is 1.89. The molecule has 11 heteroatoms. The average Bonchev–Trinajstić information content (AvgIpc) is 3.39. The quantitative estimate of drug-likeness (QED) is 0.326. The molecule has 5 rings (SSSR count). The summed E-state index contributed by atoms with van der Waals surface area (Å²) in [5.74, 6) is 1.27. The Morgan fingerprint density at radius 2 is 1.80 bits per heavy atom. The van der Waals surface area contributed by atoms with Crippen LogP contribution in [-0.2, 0) is 19.8 Å². The molecule has 0 saturated heterocycles.